The number of rotatable bonds is 3. The zero-order valence-electron chi connectivity index (χ0n) is 8.62. The molecule has 2 N–H and O–H groups in total. The van der Waals surface area contributed by atoms with Gasteiger partial charge in [0.15, 0.2) is 0 Å². The Labute approximate surface area is 94.2 Å². The second-order valence-corrected chi connectivity index (χ2v) is 4.24. The van der Waals surface area contributed by atoms with E-state index in [-0.39, 0.29) is 12.3 Å². The molecule has 1 aromatic carbocycles. The molecule has 0 aromatic heterocycles. The number of carbonyl (C=O) groups excluding carboxylic acids is 1. The molecule has 1 amide bonds. The summed E-state index contributed by atoms with van der Waals surface area (Å²) >= 11 is 1.77. The Morgan fingerprint density at radius 3 is 3.00 bits per heavy atom. The lowest BCUT2D eigenvalue weighted by Crippen LogP contribution is -2.08. The highest BCUT2D eigenvalue weighted by Crippen LogP contribution is 2.17. The van der Waals surface area contributed by atoms with Gasteiger partial charge < -0.3 is 5.73 Å². The van der Waals surface area contributed by atoms with E-state index >= 15 is 0 Å². The number of hydrogen-bond acceptors (Lipinski definition) is 2. The third kappa shape index (κ3) is 4.57. The predicted molar refractivity (Wildman–Crippen MR) is 63.5 cm³/mol. The number of nitrogens with two attached hydrogens (primary N) is 1. The molecule has 0 aliphatic carbocycles. The molecule has 0 bridgehead atoms. The van der Waals surface area contributed by atoms with Gasteiger partial charge in [-0.05, 0) is 24.0 Å². The number of hydrogen-bond donors (Lipinski definition) is 1. The summed E-state index contributed by atoms with van der Waals surface area (Å²) < 4.78 is 0. The van der Waals surface area contributed by atoms with Crippen molar-refractivity contribution in [3.8, 4) is 11.8 Å². The van der Waals surface area contributed by atoms with E-state index in [1.165, 1.54) is 4.90 Å². The van der Waals surface area contributed by atoms with Gasteiger partial charge in [-0.15, -0.1) is 11.8 Å². The maximum absolute atomic E-state index is 10.5. The largest absolute Gasteiger partial charge is 0.369 e. The van der Waals surface area contributed by atoms with E-state index in [0.29, 0.717) is 0 Å². The molecule has 2 nitrogen and oxygen atoms in total. The quantitative estimate of drug-likeness (QED) is 0.624. The Kier molecular flexibility index (Phi) is 4.79. The van der Waals surface area contributed by atoms with Crippen LogP contribution in [0.15, 0.2) is 29.2 Å². The first kappa shape index (κ1) is 11.7. The topological polar surface area (TPSA) is 43.1 Å². The van der Waals surface area contributed by atoms with Gasteiger partial charge in [-0.1, -0.05) is 24.8 Å². The van der Waals surface area contributed by atoms with Gasteiger partial charge in [0.05, 0.1) is 6.42 Å². The average Bonchev–Trinajstić information content (AvgIpc) is 2.18. The zero-order chi connectivity index (χ0) is 11.1. The minimum Gasteiger partial charge on any atom is -0.369 e. The van der Waals surface area contributed by atoms with Gasteiger partial charge in [-0.2, -0.15) is 0 Å². The fourth-order valence-electron chi connectivity index (χ4n) is 1.06. The van der Waals surface area contributed by atoms with Crippen molar-refractivity contribution >= 4 is 17.7 Å². The van der Waals surface area contributed by atoms with Gasteiger partial charge in [0.25, 0.3) is 0 Å². The summed E-state index contributed by atoms with van der Waals surface area (Å²) in [6.45, 7) is 2.11. The molecule has 3 heteroatoms. The van der Waals surface area contributed by atoms with Crippen LogP contribution in [-0.4, -0.2) is 11.7 Å². The van der Waals surface area contributed by atoms with Crippen molar-refractivity contribution in [3.63, 3.8) is 0 Å². The molecule has 0 fully saturated rings. The van der Waals surface area contributed by atoms with E-state index in [9.17, 15) is 4.79 Å². The molecule has 0 saturated carbocycles. The van der Waals surface area contributed by atoms with Crippen molar-refractivity contribution in [1.82, 2.24) is 0 Å². The first-order chi connectivity index (χ1) is 7.22. The molecule has 0 unspecified atom stereocenters. The second kappa shape index (κ2) is 6.15. The van der Waals surface area contributed by atoms with Crippen LogP contribution in [0.4, 0.5) is 0 Å². The van der Waals surface area contributed by atoms with E-state index in [2.05, 4.69) is 18.8 Å². The lowest BCUT2D eigenvalue weighted by atomic mass is 10.2. The maximum atomic E-state index is 10.5. The fourth-order valence-corrected chi connectivity index (χ4v) is 1.78. The van der Waals surface area contributed by atoms with E-state index in [4.69, 9.17) is 5.73 Å². The number of carbonyl (C=O) groups is 1. The van der Waals surface area contributed by atoms with Crippen molar-refractivity contribution in [1.29, 1.82) is 0 Å². The monoisotopic (exact) mass is 219 g/mol. The Morgan fingerprint density at radius 1 is 1.53 bits per heavy atom. The predicted octanol–water partition coefficient (Wildman–Crippen LogP) is 2.03. The van der Waals surface area contributed by atoms with Crippen LogP contribution in [0.25, 0.3) is 0 Å². The van der Waals surface area contributed by atoms with Gasteiger partial charge in [-0.25, -0.2) is 0 Å². The van der Waals surface area contributed by atoms with E-state index in [1.807, 2.05) is 24.3 Å². The third-order valence-electron chi connectivity index (χ3n) is 1.64. The first-order valence-electron chi connectivity index (χ1n) is 4.72. The number of thioether (sulfide) groups is 1. The van der Waals surface area contributed by atoms with Gasteiger partial charge in [-0.3, -0.25) is 4.79 Å². The van der Waals surface area contributed by atoms with Gasteiger partial charge in [0, 0.05) is 10.5 Å². The SMILES string of the molecule is CCSc1cccc(C#CCC(N)=O)c1. The summed E-state index contributed by atoms with van der Waals surface area (Å²) in [4.78, 5) is 11.7. The first-order valence-corrected chi connectivity index (χ1v) is 5.71. The van der Waals surface area contributed by atoms with Crippen molar-refractivity contribution in [3.05, 3.63) is 29.8 Å². The number of primary amides is 1. The molecule has 15 heavy (non-hydrogen) atoms. The third-order valence-corrected chi connectivity index (χ3v) is 2.52. The summed E-state index contributed by atoms with van der Waals surface area (Å²) in [5.74, 6) is 6.30. The highest BCUT2D eigenvalue weighted by atomic mass is 32.2. The molecule has 0 spiro atoms. The molecule has 0 radical (unpaired) electrons. The summed E-state index contributed by atoms with van der Waals surface area (Å²) in [7, 11) is 0. The van der Waals surface area contributed by atoms with Crippen LogP contribution in [0.3, 0.4) is 0 Å². The van der Waals surface area contributed by atoms with Crippen LogP contribution >= 0.6 is 11.8 Å². The highest BCUT2D eigenvalue weighted by Gasteiger charge is 1.92. The maximum Gasteiger partial charge on any atom is 0.229 e. The van der Waals surface area contributed by atoms with E-state index in [1.54, 1.807) is 11.8 Å². The lowest BCUT2D eigenvalue weighted by Gasteiger charge is -1.97. The van der Waals surface area contributed by atoms with Crippen molar-refractivity contribution < 1.29 is 4.79 Å². The van der Waals surface area contributed by atoms with Gasteiger partial charge in [0.1, 0.15) is 0 Å². The highest BCUT2D eigenvalue weighted by molar-refractivity contribution is 7.99. The molecule has 0 atom stereocenters. The van der Waals surface area contributed by atoms with E-state index < -0.39 is 0 Å². The standard InChI is InChI=1S/C12H13NOS/c1-2-15-11-7-3-5-10(9-11)6-4-8-12(13)14/h3,5,7,9H,2,8H2,1H3,(H2,13,14). The summed E-state index contributed by atoms with van der Waals surface area (Å²) in [6, 6.07) is 7.95. The number of benzene rings is 1. The Bertz CT molecular complexity index is 404. The fraction of sp³-hybridized carbons (Fsp3) is 0.250. The summed E-state index contributed by atoms with van der Waals surface area (Å²) in [6.07, 6.45) is 0.116. The van der Waals surface area contributed by atoms with Crippen LogP contribution in [0.1, 0.15) is 18.9 Å². The molecule has 1 rings (SSSR count). The molecular weight excluding hydrogens is 206 g/mol. The van der Waals surface area contributed by atoms with Crippen LogP contribution in [0, 0.1) is 11.8 Å². The summed E-state index contributed by atoms with van der Waals surface area (Å²) in [5.41, 5.74) is 5.91. The van der Waals surface area contributed by atoms with Crippen molar-refractivity contribution in [2.75, 3.05) is 5.75 Å². The minimum atomic E-state index is -0.387. The molecule has 0 saturated heterocycles. The van der Waals surface area contributed by atoms with Crippen LogP contribution < -0.4 is 5.73 Å². The second-order valence-electron chi connectivity index (χ2n) is 2.91. The van der Waals surface area contributed by atoms with Crippen molar-refractivity contribution in [2.45, 2.75) is 18.2 Å². The Morgan fingerprint density at radius 2 is 2.33 bits per heavy atom. The van der Waals surface area contributed by atoms with Gasteiger partial charge >= 0.3 is 0 Å². The van der Waals surface area contributed by atoms with E-state index in [0.717, 1.165) is 11.3 Å². The Hall–Kier alpha value is -1.40. The molecule has 0 aliphatic rings. The number of amides is 1. The van der Waals surface area contributed by atoms with Crippen LogP contribution in [0.2, 0.25) is 0 Å². The molecule has 1 aromatic rings. The van der Waals surface area contributed by atoms with Gasteiger partial charge in [0.2, 0.25) is 5.91 Å². The Balaban J connectivity index is 2.71. The van der Waals surface area contributed by atoms with Crippen LogP contribution in [-0.2, 0) is 4.79 Å². The summed E-state index contributed by atoms with van der Waals surface area (Å²) in [5, 5.41) is 0. The smallest absolute Gasteiger partial charge is 0.229 e. The average molecular weight is 219 g/mol. The normalized spacial score (nSPS) is 9.13. The van der Waals surface area contributed by atoms with Crippen molar-refractivity contribution in [2.24, 2.45) is 5.73 Å². The zero-order valence-corrected chi connectivity index (χ0v) is 9.43. The van der Waals surface area contributed by atoms with Crippen LogP contribution in [0.5, 0.6) is 0 Å². The minimum absolute atomic E-state index is 0.116. The molecular formula is C12H13NOS. The molecule has 0 aliphatic heterocycles. The lowest BCUT2D eigenvalue weighted by molar-refractivity contribution is -0.117. The molecule has 0 heterocycles. The molecule has 78 valence electrons.